The quantitative estimate of drug-likeness (QED) is 0.351. The molecule has 0 saturated carbocycles. The van der Waals surface area contributed by atoms with E-state index < -0.39 is 0 Å². The van der Waals surface area contributed by atoms with E-state index in [0.29, 0.717) is 0 Å². The van der Waals surface area contributed by atoms with E-state index in [1.54, 1.807) is 0 Å². The molecule has 0 amide bonds. The highest BCUT2D eigenvalue weighted by Crippen LogP contribution is 2.06. The van der Waals surface area contributed by atoms with Crippen molar-refractivity contribution in [2.24, 2.45) is 5.92 Å². The van der Waals surface area contributed by atoms with Gasteiger partial charge in [-0.25, -0.2) is 0 Å². The molecule has 0 aromatic rings. The number of ketones is 1. The fraction of sp³-hybridized carbons (Fsp3) is 0.786. The molecule has 0 radical (unpaired) electrons. The van der Waals surface area contributed by atoms with Crippen molar-refractivity contribution >= 4 is 5.78 Å². The van der Waals surface area contributed by atoms with Crippen molar-refractivity contribution in [3.05, 3.63) is 0 Å². The normalized spacial score (nSPS) is 9.87. The Hall–Kier alpha value is -0.770. The van der Waals surface area contributed by atoms with Gasteiger partial charge in [-0.15, -0.1) is 0 Å². The fourth-order valence-corrected chi connectivity index (χ4v) is 1.29. The molecule has 0 rings (SSSR count). The first kappa shape index (κ1) is 14.2. The van der Waals surface area contributed by atoms with Gasteiger partial charge in [-0.05, 0) is 12.3 Å². The predicted molar refractivity (Wildman–Crippen MR) is 65.6 cm³/mol. The maximum atomic E-state index is 11.1. The first-order valence-electron chi connectivity index (χ1n) is 6.21. The zero-order valence-electron chi connectivity index (χ0n) is 10.4. The van der Waals surface area contributed by atoms with E-state index in [0.717, 1.165) is 12.8 Å². The van der Waals surface area contributed by atoms with Gasteiger partial charge >= 0.3 is 0 Å². The van der Waals surface area contributed by atoms with E-state index in [1.807, 2.05) is 13.8 Å². The molecule has 0 aliphatic rings. The first-order valence-corrected chi connectivity index (χ1v) is 6.21. The highest BCUT2D eigenvalue weighted by Gasteiger charge is 2.00. The molecule has 0 unspecified atom stereocenters. The van der Waals surface area contributed by atoms with Crippen LogP contribution in [0.4, 0.5) is 0 Å². The minimum Gasteiger partial charge on any atom is -0.285 e. The monoisotopic (exact) mass is 208 g/mol. The van der Waals surface area contributed by atoms with Gasteiger partial charge in [-0.1, -0.05) is 58.8 Å². The van der Waals surface area contributed by atoms with E-state index in [-0.39, 0.29) is 11.7 Å². The number of hydrogen-bond donors (Lipinski definition) is 0. The van der Waals surface area contributed by atoms with Gasteiger partial charge in [0.2, 0.25) is 5.78 Å². The van der Waals surface area contributed by atoms with Crippen LogP contribution in [0.25, 0.3) is 0 Å². The van der Waals surface area contributed by atoms with E-state index in [2.05, 4.69) is 18.8 Å². The average Bonchev–Trinajstić information content (AvgIpc) is 2.21. The number of carbonyl (C=O) groups excluding carboxylic acids is 1. The second-order valence-corrected chi connectivity index (χ2v) is 4.34. The second kappa shape index (κ2) is 9.77. The van der Waals surface area contributed by atoms with Crippen LogP contribution in [-0.2, 0) is 4.79 Å². The van der Waals surface area contributed by atoms with Crippen LogP contribution < -0.4 is 0 Å². The van der Waals surface area contributed by atoms with Gasteiger partial charge in [0.05, 0.1) is 0 Å². The zero-order valence-corrected chi connectivity index (χ0v) is 10.4. The zero-order chi connectivity index (χ0) is 11.5. The Morgan fingerprint density at radius 2 is 1.67 bits per heavy atom. The summed E-state index contributed by atoms with van der Waals surface area (Å²) in [5.74, 6) is 5.78. The molecular weight excluding hydrogens is 184 g/mol. The van der Waals surface area contributed by atoms with Crippen molar-refractivity contribution < 1.29 is 4.79 Å². The van der Waals surface area contributed by atoms with Gasteiger partial charge in [0, 0.05) is 12.3 Å². The lowest BCUT2D eigenvalue weighted by Gasteiger charge is -1.96. The fourth-order valence-electron chi connectivity index (χ4n) is 1.29. The summed E-state index contributed by atoms with van der Waals surface area (Å²) < 4.78 is 0. The summed E-state index contributed by atoms with van der Waals surface area (Å²) in [5, 5.41) is 0. The van der Waals surface area contributed by atoms with Gasteiger partial charge in [-0.2, -0.15) is 0 Å². The largest absolute Gasteiger partial charge is 0.285 e. The van der Waals surface area contributed by atoms with E-state index in [4.69, 9.17) is 0 Å². The molecular formula is C14H24O. The van der Waals surface area contributed by atoms with Crippen LogP contribution in [0.2, 0.25) is 0 Å². The van der Waals surface area contributed by atoms with Crippen molar-refractivity contribution in [1.29, 1.82) is 0 Å². The summed E-state index contributed by atoms with van der Waals surface area (Å²) in [6.07, 6.45) is 8.57. The molecule has 15 heavy (non-hydrogen) atoms. The van der Waals surface area contributed by atoms with Crippen LogP contribution in [0.5, 0.6) is 0 Å². The van der Waals surface area contributed by atoms with Gasteiger partial charge < -0.3 is 0 Å². The minimum atomic E-state index is 0.0575. The Labute approximate surface area is 94.6 Å². The highest BCUT2D eigenvalue weighted by molar-refractivity contribution is 5.96. The predicted octanol–water partition coefficient (Wildman–Crippen LogP) is 3.97. The molecule has 0 bridgehead atoms. The summed E-state index contributed by atoms with van der Waals surface area (Å²) in [4.78, 5) is 11.1. The van der Waals surface area contributed by atoms with Gasteiger partial charge in [0.1, 0.15) is 0 Å². The SMILES string of the molecule is CCCCCCCCC#CC(=O)C(C)C. The van der Waals surface area contributed by atoms with Crippen LogP contribution in [-0.4, -0.2) is 5.78 Å². The molecule has 0 heterocycles. The Balaban J connectivity index is 3.34. The topological polar surface area (TPSA) is 17.1 Å². The highest BCUT2D eigenvalue weighted by atomic mass is 16.1. The Kier molecular flexibility index (Phi) is 9.27. The molecule has 0 aliphatic carbocycles. The van der Waals surface area contributed by atoms with Crippen LogP contribution in [0.15, 0.2) is 0 Å². The molecule has 0 spiro atoms. The number of rotatable bonds is 7. The molecule has 86 valence electrons. The van der Waals surface area contributed by atoms with Gasteiger partial charge in [-0.3, -0.25) is 4.79 Å². The van der Waals surface area contributed by atoms with Crippen molar-refractivity contribution in [3.63, 3.8) is 0 Å². The van der Waals surface area contributed by atoms with Gasteiger partial charge in [0.25, 0.3) is 0 Å². The standard InChI is InChI=1S/C14H24O/c1-4-5-6-7-8-9-10-11-12-14(15)13(2)3/h13H,4-10H2,1-3H3. The Morgan fingerprint density at radius 1 is 1.07 bits per heavy atom. The maximum Gasteiger partial charge on any atom is 0.207 e. The summed E-state index contributed by atoms with van der Waals surface area (Å²) in [7, 11) is 0. The first-order chi connectivity index (χ1) is 7.18. The van der Waals surface area contributed by atoms with E-state index in [1.165, 1.54) is 32.1 Å². The van der Waals surface area contributed by atoms with Crippen molar-refractivity contribution in [2.75, 3.05) is 0 Å². The lowest BCUT2D eigenvalue weighted by Crippen LogP contribution is -2.02. The van der Waals surface area contributed by atoms with Gasteiger partial charge in [0.15, 0.2) is 0 Å². The third-order valence-corrected chi connectivity index (χ3v) is 2.39. The average molecular weight is 208 g/mol. The lowest BCUT2D eigenvalue weighted by atomic mass is 10.1. The maximum absolute atomic E-state index is 11.1. The molecule has 0 aromatic heterocycles. The van der Waals surface area contributed by atoms with Crippen molar-refractivity contribution in [2.45, 2.75) is 65.7 Å². The van der Waals surface area contributed by atoms with Crippen molar-refractivity contribution in [3.8, 4) is 11.8 Å². The number of Topliss-reactive ketones (excluding diaryl/α,β-unsaturated/α-hetero) is 1. The molecule has 0 aliphatic heterocycles. The number of hydrogen-bond acceptors (Lipinski definition) is 1. The summed E-state index contributed by atoms with van der Waals surface area (Å²) >= 11 is 0. The Bertz CT molecular complexity index is 217. The molecule has 1 nitrogen and oxygen atoms in total. The van der Waals surface area contributed by atoms with Crippen LogP contribution >= 0.6 is 0 Å². The number of unbranched alkanes of at least 4 members (excludes halogenated alkanes) is 6. The smallest absolute Gasteiger partial charge is 0.207 e. The van der Waals surface area contributed by atoms with Crippen LogP contribution in [0.1, 0.15) is 65.7 Å². The van der Waals surface area contributed by atoms with Crippen LogP contribution in [0, 0.1) is 17.8 Å². The van der Waals surface area contributed by atoms with Crippen molar-refractivity contribution in [1.82, 2.24) is 0 Å². The van der Waals surface area contributed by atoms with Crippen LogP contribution in [0.3, 0.4) is 0 Å². The summed E-state index contributed by atoms with van der Waals surface area (Å²) in [6.45, 7) is 6.01. The van der Waals surface area contributed by atoms with E-state index >= 15 is 0 Å². The molecule has 0 aromatic carbocycles. The summed E-state index contributed by atoms with van der Waals surface area (Å²) in [6, 6.07) is 0. The third kappa shape index (κ3) is 9.53. The molecule has 0 N–H and O–H groups in total. The Morgan fingerprint density at radius 3 is 2.27 bits per heavy atom. The molecule has 0 fully saturated rings. The third-order valence-electron chi connectivity index (χ3n) is 2.39. The lowest BCUT2D eigenvalue weighted by molar-refractivity contribution is -0.116. The molecule has 1 heteroatoms. The molecule has 0 saturated heterocycles. The number of carbonyl (C=O) groups is 1. The summed E-state index contributed by atoms with van der Waals surface area (Å²) in [5.41, 5.74) is 0. The second-order valence-electron chi connectivity index (χ2n) is 4.34. The van der Waals surface area contributed by atoms with E-state index in [9.17, 15) is 4.79 Å². The molecule has 0 atom stereocenters. The minimum absolute atomic E-state index is 0.0575.